The molecule has 1 heterocycles. The summed E-state index contributed by atoms with van der Waals surface area (Å²) in [6.07, 6.45) is 10.3. The number of hydrogen-bond donors (Lipinski definition) is 2. The summed E-state index contributed by atoms with van der Waals surface area (Å²) in [5, 5.41) is 5.77. The van der Waals surface area contributed by atoms with Crippen molar-refractivity contribution in [1.82, 2.24) is 15.5 Å². The van der Waals surface area contributed by atoms with E-state index in [0.29, 0.717) is 13.1 Å². The number of terminal acetylenes is 1. The van der Waals surface area contributed by atoms with Crippen LogP contribution < -0.4 is 10.6 Å². The van der Waals surface area contributed by atoms with Crippen LogP contribution in [-0.2, 0) is 4.79 Å². The van der Waals surface area contributed by atoms with Gasteiger partial charge in [-0.2, -0.15) is 0 Å². The number of nitrogens with one attached hydrogen (secondary N) is 2. The van der Waals surface area contributed by atoms with Gasteiger partial charge in [-0.25, -0.2) is 0 Å². The Labute approximate surface area is 104 Å². The summed E-state index contributed by atoms with van der Waals surface area (Å²) in [6, 6.07) is 0. The molecule has 0 bridgehead atoms. The van der Waals surface area contributed by atoms with Crippen molar-refractivity contribution in [2.75, 3.05) is 39.3 Å². The zero-order valence-corrected chi connectivity index (χ0v) is 10.5. The van der Waals surface area contributed by atoms with E-state index >= 15 is 0 Å². The standard InChI is InChI=1S/C13H23N3O/c1-2-7-14-12-13(17)15-8-11-16-9-5-3-4-6-10-16/h1,14H,3-12H2,(H,15,17). The van der Waals surface area contributed by atoms with Crippen LogP contribution in [0.1, 0.15) is 25.7 Å². The van der Waals surface area contributed by atoms with Gasteiger partial charge in [-0.05, 0) is 25.9 Å². The van der Waals surface area contributed by atoms with Gasteiger partial charge in [0.1, 0.15) is 0 Å². The van der Waals surface area contributed by atoms with Gasteiger partial charge in [0, 0.05) is 13.1 Å². The van der Waals surface area contributed by atoms with Gasteiger partial charge in [0.2, 0.25) is 5.91 Å². The number of rotatable bonds is 6. The van der Waals surface area contributed by atoms with Crippen molar-refractivity contribution < 1.29 is 4.79 Å². The van der Waals surface area contributed by atoms with Gasteiger partial charge in [-0.3, -0.25) is 10.1 Å². The van der Waals surface area contributed by atoms with Crippen LogP contribution in [0.4, 0.5) is 0 Å². The van der Waals surface area contributed by atoms with Crippen LogP contribution in [-0.4, -0.2) is 50.1 Å². The molecule has 1 fully saturated rings. The van der Waals surface area contributed by atoms with Crippen LogP contribution >= 0.6 is 0 Å². The maximum absolute atomic E-state index is 11.4. The van der Waals surface area contributed by atoms with Crippen molar-refractivity contribution in [3.8, 4) is 12.3 Å². The Balaban J connectivity index is 2.02. The third-order valence-electron chi connectivity index (χ3n) is 2.96. The molecule has 0 atom stereocenters. The van der Waals surface area contributed by atoms with Crippen molar-refractivity contribution in [3.05, 3.63) is 0 Å². The average Bonchev–Trinajstić information content (AvgIpc) is 2.58. The zero-order chi connectivity index (χ0) is 12.3. The summed E-state index contributed by atoms with van der Waals surface area (Å²) < 4.78 is 0. The van der Waals surface area contributed by atoms with Gasteiger partial charge >= 0.3 is 0 Å². The maximum Gasteiger partial charge on any atom is 0.234 e. The molecule has 4 nitrogen and oxygen atoms in total. The molecule has 0 aliphatic carbocycles. The first-order chi connectivity index (χ1) is 8.33. The summed E-state index contributed by atoms with van der Waals surface area (Å²) >= 11 is 0. The van der Waals surface area contributed by atoms with Crippen LogP contribution in [0.25, 0.3) is 0 Å². The van der Waals surface area contributed by atoms with Crippen LogP contribution in [0.5, 0.6) is 0 Å². The van der Waals surface area contributed by atoms with Gasteiger partial charge in [0.15, 0.2) is 0 Å². The molecule has 2 N–H and O–H groups in total. The predicted octanol–water partition coefficient (Wildman–Crippen LogP) is 0.201. The zero-order valence-electron chi connectivity index (χ0n) is 10.5. The number of amides is 1. The number of hydrogen-bond acceptors (Lipinski definition) is 3. The Bertz CT molecular complexity index is 252. The smallest absolute Gasteiger partial charge is 0.234 e. The van der Waals surface area contributed by atoms with Gasteiger partial charge in [0.25, 0.3) is 0 Å². The summed E-state index contributed by atoms with van der Waals surface area (Å²) in [6.45, 7) is 4.79. The van der Waals surface area contributed by atoms with Gasteiger partial charge in [0.05, 0.1) is 13.1 Å². The molecule has 0 spiro atoms. The fraction of sp³-hybridized carbons (Fsp3) is 0.769. The fourth-order valence-corrected chi connectivity index (χ4v) is 2.02. The van der Waals surface area contributed by atoms with Crippen molar-refractivity contribution in [2.45, 2.75) is 25.7 Å². The minimum absolute atomic E-state index is 0.0232. The monoisotopic (exact) mass is 237 g/mol. The lowest BCUT2D eigenvalue weighted by Crippen LogP contribution is -2.39. The summed E-state index contributed by atoms with van der Waals surface area (Å²) in [7, 11) is 0. The highest BCUT2D eigenvalue weighted by atomic mass is 16.1. The number of carbonyl (C=O) groups is 1. The van der Waals surface area contributed by atoms with E-state index in [1.54, 1.807) is 0 Å². The largest absolute Gasteiger partial charge is 0.354 e. The topological polar surface area (TPSA) is 44.4 Å². The highest BCUT2D eigenvalue weighted by Gasteiger charge is 2.08. The number of likely N-dealkylation sites (tertiary alicyclic amines) is 1. The first-order valence-corrected chi connectivity index (χ1v) is 6.46. The first kappa shape index (κ1) is 14.0. The molecule has 0 aromatic heterocycles. The quantitative estimate of drug-likeness (QED) is 0.512. The predicted molar refractivity (Wildman–Crippen MR) is 69.6 cm³/mol. The molecule has 1 saturated heterocycles. The third-order valence-corrected chi connectivity index (χ3v) is 2.96. The SMILES string of the molecule is C#CCNCC(=O)NCCN1CCCCCC1. The van der Waals surface area contributed by atoms with E-state index in [0.717, 1.165) is 13.1 Å². The molecule has 1 amide bonds. The average molecular weight is 237 g/mol. The van der Waals surface area contributed by atoms with Gasteiger partial charge in [-0.1, -0.05) is 18.8 Å². The molecule has 17 heavy (non-hydrogen) atoms. The lowest BCUT2D eigenvalue weighted by atomic mass is 10.2. The fourth-order valence-electron chi connectivity index (χ4n) is 2.02. The highest BCUT2D eigenvalue weighted by Crippen LogP contribution is 2.08. The Morgan fingerprint density at radius 3 is 2.59 bits per heavy atom. The van der Waals surface area contributed by atoms with E-state index in [1.165, 1.54) is 38.8 Å². The first-order valence-electron chi connectivity index (χ1n) is 6.46. The van der Waals surface area contributed by atoms with Crippen LogP contribution in [0.15, 0.2) is 0 Å². The minimum atomic E-state index is 0.0232. The lowest BCUT2D eigenvalue weighted by Gasteiger charge is -2.19. The second-order valence-corrected chi connectivity index (χ2v) is 4.41. The second kappa shape index (κ2) is 9.03. The van der Waals surface area contributed by atoms with E-state index in [1.807, 2.05) is 0 Å². The molecule has 1 aliphatic rings. The van der Waals surface area contributed by atoms with Crippen molar-refractivity contribution in [3.63, 3.8) is 0 Å². The minimum Gasteiger partial charge on any atom is -0.354 e. The van der Waals surface area contributed by atoms with E-state index in [9.17, 15) is 4.79 Å². The molecular weight excluding hydrogens is 214 g/mol. The highest BCUT2D eigenvalue weighted by molar-refractivity contribution is 5.77. The van der Waals surface area contributed by atoms with Crippen molar-refractivity contribution >= 4 is 5.91 Å². The second-order valence-electron chi connectivity index (χ2n) is 4.41. The lowest BCUT2D eigenvalue weighted by molar-refractivity contribution is -0.120. The van der Waals surface area contributed by atoms with Crippen LogP contribution in [0.3, 0.4) is 0 Å². The van der Waals surface area contributed by atoms with Gasteiger partial charge < -0.3 is 10.2 Å². The molecule has 0 aromatic carbocycles. The molecule has 0 saturated carbocycles. The molecular formula is C13H23N3O. The molecule has 1 rings (SSSR count). The van der Waals surface area contributed by atoms with Crippen molar-refractivity contribution in [1.29, 1.82) is 0 Å². The normalized spacial score (nSPS) is 17.1. The third kappa shape index (κ3) is 6.98. The Kier molecular flexibility index (Phi) is 7.44. The molecule has 0 aromatic rings. The van der Waals surface area contributed by atoms with Crippen LogP contribution in [0.2, 0.25) is 0 Å². The Hall–Kier alpha value is -1.05. The Morgan fingerprint density at radius 1 is 1.24 bits per heavy atom. The number of carbonyl (C=O) groups excluding carboxylic acids is 1. The summed E-state index contributed by atoms with van der Waals surface area (Å²) in [4.78, 5) is 13.8. The van der Waals surface area contributed by atoms with Gasteiger partial charge in [-0.15, -0.1) is 6.42 Å². The maximum atomic E-state index is 11.4. The molecule has 1 aliphatic heterocycles. The van der Waals surface area contributed by atoms with Crippen molar-refractivity contribution in [2.24, 2.45) is 0 Å². The van der Waals surface area contributed by atoms with Crippen LogP contribution in [0, 0.1) is 12.3 Å². The molecule has 0 unspecified atom stereocenters. The van der Waals surface area contributed by atoms with E-state index in [-0.39, 0.29) is 5.91 Å². The van der Waals surface area contributed by atoms with E-state index in [2.05, 4.69) is 21.5 Å². The number of nitrogens with zero attached hydrogens (tertiary/aromatic N) is 1. The summed E-state index contributed by atoms with van der Waals surface area (Å²) in [5.41, 5.74) is 0. The Morgan fingerprint density at radius 2 is 1.94 bits per heavy atom. The summed E-state index contributed by atoms with van der Waals surface area (Å²) in [5.74, 6) is 2.46. The molecule has 0 radical (unpaired) electrons. The molecule has 96 valence electrons. The van der Waals surface area contributed by atoms with E-state index in [4.69, 9.17) is 6.42 Å². The molecule has 4 heteroatoms. The van der Waals surface area contributed by atoms with E-state index < -0.39 is 0 Å².